The second-order valence-corrected chi connectivity index (χ2v) is 5.58. The predicted octanol–water partition coefficient (Wildman–Crippen LogP) is 2.57. The van der Waals surface area contributed by atoms with Gasteiger partial charge >= 0.3 is 0 Å². The Kier molecular flexibility index (Phi) is 6.62. The van der Waals surface area contributed by atoms with Crippen LogP contribution in [0.4, 0.5) is 0 Å². The highest BCUT2D eigenvalue weighted by Gasteiger charge is 2.14. The summed E-state index contributed by atoms with van der Waals surface area (Å²) in [4.78, 5) is 0. The summed E-state index contributed by atoms with van der Waals surface area (Å²) in [5.74, 6) is 1.76. The smallest absolute Gasteiger partial charge is 0.174 e. The Morgan fingerprint density at radius 2 is 1.95 bits per heavy atom. The van der Waals surface area contributed by atoms with Crippen molar-refractivity contribution in [2.24, 2.45) is 5.92 Å². The van der Waals surface area contributed by atoms with Crippen LogP contribution in [0.2, 0.25) is 0 Å². The van der Waals surface area contributed by atoms with E-state index in [1.807, 2.05) is 12.1 Å². The van der Waals surface area contributed by atoms with Crippen LogP contribution >= 0.6 is 15.9 Å². The zero-order valence-electron chi connectivity index (χ0n) is 11.9. The Morgan fingerprint density at radius 1 is 1.26 bits per heavy atom. The first-order valence-corrected chi connectivity index (χ1v) is 7.07. The number of hydrogen-bond acceptors (Lipinski definition) is 4. The van der Waals surface area contributed by atoms with Crippen LogP contribution in [0.15, 0.2) is 16.6 Å². The largest absolute Gasteiger partial charge is 0.493 e. The molecule has 1 aromatic rings. The van der Waals surface area contributed by atoms with E-state index < -0.39 is 0 Å². The van der Waals surface area contributed by atoms with Gasteiger partial charge in [-0.3, -0.25) is 0 Å². The van der Waals surface area contributed by atoms with E-state index in [2.05, 4.69) is 35.1 Å². The van der Waals surface area contributed by atoms with E-state index in [0.717, 1.165) is 10.0 Å². The van der Waals surface area contributed by atoms with Gasteiger partial charge in [-0.15, -0.1) is 0 Å². The minimum absolute atomic E-state index is 0.0897. The zero-order valence-corrected chi connectivity index (χ0v) is 13.5. The van der Waals surface area contributed by atoms with Gasteiger partial charge in [0.1, 0.15) is 0 Å². The summed E-state index contributed by atoms with van der Waals surface area (Å²) in [7, 11) is 3.23. The molecule has 0 saturated carbocycles. The van der Waals surface area contributed by atoms with Crippen molar-refractivity contribution in [3.63, 3.8) is 0 Å². The lowest BCUT2D eigenvalue weighted by atomic mass is 10.0. The number of aliphatic hydroxyl groups excluding tert-OH is 1. The van der Waals surface area contributed by atoms with Crippen molar-refractivity contribution in [3.05, 3.63) is 22.2 Å². The third-order valence-corrected chi connectivity index (χ3v) is 3.65. The van der Waals surface area contributed by atoms with Crippen LogP contribution in [0.1, 0.15) is 19.4 Å². The monoisotopic (exact) mass is 331 g/mol. The molecule has 0 saturated heterocycles. The van der Waals surface area contributed by atoms with Gasteiger partial charge in [0.2, 0.25) is 0 Å². The van der Waals surface area contributed by atoms with Gasteiger partial charge in [-0.1, -0.05) is 13.8 Å². The molecule has 0 aliphatic rings. The van der Waals surface area contributed by atoms with Crippen LogP contribution in [-0.2, 0) is 6.54 Å². The minimum Gasteiger partial charge on any atom is -0.493 e. The van der Waals surface area contributed by atoms with Crippen molar-refractivity contribution in [2.45, 2.75) is 26.4 Å². The van der Waals surface area contributed by atoms with Crippen molar-refractivity contribution in [1.29, 1.82) is 0 Å². The van der Waals surface area contributed by atoms with Crippen LogP contribution < -0.4 is 14.8 Å². The lowest BCUT2D eigenvalue weighted by molar-refractivity contribution is 0.210. The molecule has 4 nitrogen and oxygen atoms in total. The summed E-state index contributed by atoms with van der Waals surface area (Å²) < 4.78 is 11.4. The third-order valence-electron chi connectivity index (χ3n) is 3.06. The van der Waals surface area contributed by atoms with E-state index in [0.29, 0.717) is 24.0 Å². The Balaban J connectivity index is 2.82. The van der Waals surface area contributed by atoms with Crippen molar-refractivity contribution in [1.82, 2.24) is 5.32 Å². The van der Waals surface area contributed by atoms with Gasteiger partial charge in [-0.2, -0.15) is 0 Å². The normalized spacial score (nSPS) is 12.6. The van der Waals surface area contributed by atoms with Crippen molar-refractivity contribution in [3.8, 4) is 11.5 Å². The number of ether oxygens (including phenoxy) is 2. The molecule has 0 spiro atoms. The van der Waals surface area contributed by atoms with E-state index in [9.17, 15) is 5.11 Å². The Bertz CT molecular complexity index is 410. The van der Waals surface area contributed by atoms with Gasteiger partial charge in [0, 0.05) is 12.6 Å². The van der Waals surface area contributed by atoms with E-state index in [4.69, 9.17) is 9.47 Å². The maximum atomic E-state index is 9.30. The highest BCUT2D eigenvalue weighted by molar-refractivity contribution is 9.10. The molecule has 0 heterocycles. The van der Waals surface area contributed by atoms with Crippen LogP contribution in [0.5, 0.6) is 11.5 Å². The number of rotatable bonds is 7. The Hall–Kier alpha value is -0.780. The number of aliphatic hydroxyl groups is 1. The second-order valence-electron chi connectivity index (χ2n) is 4.73. The zero-order chi connectivity index (χ0) is 14.4. The van der Waals surface area contributed by atoms with Gasteiger partial charge < -0.3 is 19.9 Å². The van der Waals surface area contributed by atoms with Gasteiger partial charge in [0.05, 0.1) is 25.3 Å². The molecule has 0 fully saturated rings. The first kappa shape index (κ1) is 16.3. The van der Waals surface area contributed by atoms with Crippen LogP contribution in [0.25, 0.3) is 0 Å². The molecule has 2 N–H and O–H groups in total. The average molecular weight is 332 g/mol. The molecule has 0 aliphatic heterocycles. The fraction of sp³-hybridized carbons (Fsp3) is 0.571. The van der Waals surface area contributed by atoms with Crippen LogP contribution in [0.3, 0.4) is 0 Å². The number of hydrogen-bond donors (Lipinski definition) is 2. The molecule has 0 aromatic heterocycles. The summed E-state index contributed by atoms with van der Waals surface area (Å²) in [5, 5.41) is 12.6. The van der Waals surface area contributed by atoms with E-state index in [-0.39, 0.29) is 12.6 Å². The molecule has 1 unspecified atom stereocenters. The fourth-order valence-corrected chi connectivity index (χ4v) is 2.48. The Morgan fingerprint density at radius 3 is 2.42 bits per heavy atom. The van der Waals surface area contributed by atoms with E-state index in [1.165, 1.54) is 0 Å². The molecule has 0 bridgehead atoms. The standard InChI is InChI=1S/C14H22BrNO3/c1-9(2)12(8-17)16-7-10-5-11(15)14(19-4)13(6-10)18-3/h5-6,9,12,16-17H,7-8H2,1-4H3. The van der Waals surface area contributed by atoms with Gasteiger partial charge in [0.15, 0.2) is 11.5 Å². The van der Waals surface area contributed by atoms with E-state index >= 15 is 0 Å². The van der Waals surface area contributed by atoms with Crippen molar-refractivity contribution in [2.75, 3.05) is 20.8 Å². The molecule has 0 aliphatic carbocycles. The molecule has 1 rings (SSSR count). The minimum atomic E-state index is 0.0897. The summed E-state index contributed by atoms with van der Waals surface area (Å²) >= 11 is 3.47. The number of halogens is 1. The predicted molar refractivity (Wildman–Crippen MR) is 79.8 cm³/mol. The SMILES string of the molecule is COc1cc(CNC(CO)C(C)C)cc(Br)c1OC. The molecule has 0 radical (unpaired) electrons. The second kappa shape index (κ2) is 7.72. The molecule has 0 amide bonds. The van der Waals surface area contributed by atoms with Crippen LogP contribution in [0, 0.1) is 5.92 Å². The number of nitrogens with one attached hydrogen (secondary N) is 1. The lowest BCUT2D eigenvalue weighted by Crippen LogP contribution is -2.36. The molecule has 1 aromatic carbocycles. The number of methoxy groups -OCH3 is 2. The van der Waals surface area contributed by atoms with Gasteiger partial charge in [-0.05, 0) is 39.5 Å². The molecular weight excluding hydrogens is 310 g/mol. The van der Waals surface area contributed by atoms with Crippen molar-refractivity contribution < 1.29 is 14.6 Å². The quantitative estimate of drug-likeness (QED) is 0.806. The van der Waals surface area contributed by atoms with E-state index in [1.54, 1.807) is 14.2 Å². The number of benzene rings is 1. The maximum absolute atomic E-state index is 9.30. The highest BCUT2D eigenvalue weighted by Crippen LogP contribution is 2.36. The Labute approximate surface area is 123 Å². The fourth-order valence-electron chi connectivity index (χ4n) is 1.83. The summed E-state index contributed by atoms with van der Waals surface area (Å²) in [6, 6.07) is 4.01. The molecule has 1 atom stereocenters. The average Bonchev–Trinajstić information content (AvgIpc) is 2.38. The first-order valence-electron chi connectivity index (χ1n) is 6.28. The summed E-state index contributed by atoms with van der Waals surface area (Å²) in [5.41, 5.74) is 1.07. The van der Waals surface area contributed by atoms with Crippen molar-refractivity contribution >= 4 is 15.9 Å². The van der Waals surface area contributed by atoms with Gasteiger partial charge in [-0.25, -0.2) is 0 Å². The molecular formula is C14H22BrNO3. The summed E-state index contributed by atoms with van der Waals surface area (Å²) in [6.07, 6.45) is 0. The molecule has 108 valence electrons. The topological polar surface area (TPSA) is 50.7 Å². The highest BCUT2D eigenvalue weighted by atomic mass is 79.9. The molecule has 19 heavy (non-hydrogen) atoms. The molecule has 5 heteroatoms. The van der Waals surface area contributed by atoms with Crippen LogP contribution in [-0.4, -0.2) is 32.0 Å². The summed E-state index contributed by atoms with van der Waals surface area (Å²) in [6.45, 7) is 4.96. The maximum Gasteiger partial charge on any atom is 0.174 e. The third kappa shape index (κ3) is 4.37. The lowest BCUT2D eigenvalue weighted by Gasteiger charge is -2.20. The first-order chi connectivity index (χ1) is 9.03. The van der Waals surface area contributed by atoms with Gasteiger partial charge in [0.25, 0.3) is 0 Å².